The number of aromatic nitrogens is 2. The highest BCUT2D eigenvalue weighted by molar-refractivity contribution is 7.90. The summed E-state index contributed by atoms with van der Waals surface area (Å²) in [6.07, 6.45) is 0.178. The van der Waals surface area contributed by atoms with Crippen molar-refractivity contribution >= 4 is 27.3 Å². The van der Waals surface area contributed by atoms with Gasteiger partial charge < -0.3 is 9.84 Å². The summed E-state index contributed by atoms with van der Waals surface area (Å²) in [5.74, 6) is -0.996. The smallest absolute Gasteiger partial charge is 0.227 e. The van der Waals surface area contributed by atoms with Crippen LogP contribution in [-0.4, -0.2) is 24.5 Å². The Kier molecular flexibility index (Phi) is 6.60. The third kappa shape index (κ3) is 5.85. The highest BCUT2D eigenvalue weighted by Gasteiger charge is 2.19. The van der Waals surface area contributed by atoms with Crippen molar-refractivity contribution in [3.8, 4) is 0 Å². The van der Waals surface area contributed by atoms with Gasteiger partial charge in [-0.2, -0.15) is 4.98 Å². The molecule has 0 fully saturated rings. The minimum Gasteiger partial charge on any atom is -0.352 e. The van der Waals surface area contributed by atoms with E-state index in [0.717, 1.165) is 0 Å². The molecule has 0 saturated heterocycles. The lowest BCUT2D eigenvalue weighted by molar-refractivity contribution is -0.121. The molecule has 0 spiro atoms. The Morgan fingerprint density at radius 1 is 1.14 bits per heavy atom. The minimum atomic E-state index is -3.65. The Morgan fingerprint density at radius 3 is 2.59 bits per heavy atom. The van der Waals surface area contributed by atoms with Crippen LogP contribution in [0.2, 0.25) is 5.02 Å². The Balaban J connectivity index is 1.51. The van der Waals surface area contributed by atoms with E-state index in [1.807, 2.05) is 0 Å². The second kappa shape index (κ2) is 9.15. The topological polar surface area (TPSA) is 102 Å². The van der Waals surface area contributed by atoms with Gasteiger partial charge in [-0.15, -0.1) is 0 Å². The number of amides is 1. The normalized spacial score (nSPS) is 11.4. The lowest BCUT2D eigenvalue weighted by Gasteiger charge is -2.05. The van der Waals surface area contributed by atoms with Crippen molar-refractivity contribution in [3.63, 3.8) is 0 Å². The summed E-state index contributed by atoms with van der Waals surface area (Å²) >= 11 is 5.76. The first-order valence-electron chi connectivity index (χ1n) is 8.63. The van der Waals surface area contributed by atoms with Gasteiger partial charge in [-0.05, 0) is 30.3 Å². The molecule has 3 aromatic rings. The standard InChI is InChI=1S/C19H17ClFN3O4S/c20-14-5-7-15(8-6-14)29(26,27)12-17-23-19(28-24-17)10-9-18(25)22-11-13-3-1-2-4-16(13)21/h1-8H,9-12H2,(H,22,25). The summed E-state index contributed by atoms with van der Waals surface area (Å²) in [6, 6.07) is 11.9. The van der Waals surface area contributed by atoms with E-state index in [4.69, 9.17) is 16.1 Å². The van der Waals surface area contributed by atoms with Crippen LogP contribution >= 0.6 is 11.6 Å². The van der Waals surface area contributed by atoms with Gasteiger partial charge in [-0.1, -0.05) is 35.0 Å². The third-order valence-corrected chi connectivity index (χ3v) is 5.88. The van der Waals surface area contributed by atoms with Gasteiger partial charge in [0.2, 0.25) is 11.8 Å². The van der Waals surface area contributed by atoms with Crippen molar-refractivity contribution in [2.24, 2.45) is 0 Å². The van der Waals surface area contributed by atoms with Crippen molar-refractivity contribution in [2.45, 2.75) is 30.0 Å². The molecule has 2 aromatic carbocycles. The quantitative estimate of drug-likeness (QED) is 0.581. The van der Waals surface area contributed by atoms with Gasteiger partial charge in [0.25, 0.3) is 0 Å². The van der Waals surface area contributed by atoms with Crippen molar-refractivity contribution < 1.29 is 22.1 Å². The van der Waals surface area contributed by atoms with Crippen LogP contribution in [0, 0.1) is 5.82 Å². The van der Waals surface area contributed by atoms with E-state index in [1.54, 1.807) is 18.2 Å². The number of nitrogens with zero attached hydrogens (tertiary/aromatic N) is 2. The number of nitrogens with one attached hydrogen (secondary N) is 1. The molecule has 1 amide bonds. The SMILES string of the molecule is O=C(CCc1nc(CS(=O)(=O)c2ccc(Cl)cc2)no1)NCc1ccccc1F. The Hall–Kier alpha value is -2.78. The second-order valence-electron chi connectivity index (χ2n) is 6.19. The average Bonchev–Trinajstić information content (AvgIpc) is 3.12. The molecule has 0 saturated carbocycles. The first kappa shape index (κ1) is 20.9. The average molecular weight is 438 g/mol. The summed E-state index contributed by atoms with van der Waals surface area (Å²) in [7, 11) is -3.65. The number of carbonyl (C=O) groups is 1. The molecule has 7 nitrogen and oxygen atoms in total. The first-order valence-corrected chi connectivity index (χ1v) is 10.7. The Labute approximate surface area is 171 Å². The molecule has 1 N–H and O–H groups in total. The fourth-order valence-electron chi connectivity index (χ4n) is 2.49. The molecular formula is C19H17ClFN3O4S. The van der Waals surface area contributed by atoms with E-state index in [2.05, 4.69) is 15.5 Å². The molecule has 29 heavy (non-hydrogen) atoms. The molecule has 0 aliphatic heterocycles. The van der Waals surface area contributed by atoms with Crippen molar-refractivity contribution in [2.75, 3.05) is 0 Å². The molecule has 0 aliphatic carbocycles. The fraction of sp³-hybridized carbons (Fsp3) is 0.211. The number of carbonyl (C=O) groups excluding carboxylic acids is 1. The van der Waals surface area contributed by atoms with E-state index in [1.165, 1.54) is 30.3 Å². The van der Waals surface area contributed by atoms with Gasteiger partial charge in [0.1, 0.15) is 11.6 Å². The summed E-state index contributed by atoms with van der Waals surface area (Å²) < 4.78 is 43.3. The van der Waals surface area contributed by atoms with Crippen LogP contribution in [-0.2, 0) is 33.4 Å². The van der Waals surface area contributed by atoms with Crippen molar-refractivity contribution in [1.29, 1.82) is 0 Å². The molecule has 0 unspecified atom stereocenters. The number of halogens is 2. The molecule has 0 bridgehead atoms. The van der Waals surface area contributed by atoms with Crippen LogP contribution in [0.15, 0.2) is 57.9 Å². The van der Waals surface area contributed by atoms with Crippen LogP contribution in [0.25, 0.3) is 0 Å². The number of hydrogen-bond acceptors (Lipinski definition) is 6. The molecule has 152 valence electrons. The van der Waals surface area contributed by atoms with Crippen LogP contribution in [0.5, 0.6) is 0 Å². The predicted molar refractivity (Wildman–Crippen MR) is 103 cm³/mol. The number of aryl methyl sites for hydroxylation is 1. The van der Waals surface area contributed by atoms with Crippen LogP contribution < -0.4 is 5.32 Å². The zero-order valence-corrected chi connectivity index (χ0v) is 16.7. The number of sulfone groups is 1. The van der Waals surface area contributed by atoms with Gasteiger partial charge in [-0.25, -0.2) is 12.8 Å². The molecule has 1 aromatic heterocycles. The molecule has 3 rings (SSSR count). The largest absolute Gasteiger partial charge is 0.352 e. The molecule has 10 heteroatoms. The molecule has 0 aliphatic rings. The maximum Gasteiger partial charge on any atom is 0.227 e. The van der Waals surface area contributed by atoms with E-state index < -0.39 is 21.4 Å². The highest BCUT2D eigenvalue weighted by Crippen LogP contribution is 2.18. The number of rotatable bonds is 8. The van der Waals surface area contributed by atoms with E-state index in [0.29, 0.717) is 10.6 Å². The third-order valence-electron chi connectivity index (χ3n) is 4.00. The highest BCUT2D eigenvalue weighted by atomic mass is 35.5. The van der Waals surface area contributed by atoms with E-state index >= 15 is 0 Å². The summed E-state index contributed by atoms with van der Waals surface area (Å²) in [4.78, 5) is 16.0. The second-order valence-corrected chi connectivity index (χ2v) is 8.61. The van der Waals surface area contributed by atoms with Gasteiger partial charge in [0.05, 0.1) is 4.90 Å². The molecule has 0 radical (unpaired) electrons. The maximum absolute atomic E-state index is 13.5. The summed E-state index contributed by atoms with van der Waals surface area (Å²) in [5, 5.41) is 6.69. The van der Waals surface area contributed by atoms with E-state index in [9.17, 15) is 17.6 Å². The van der Waals surface area contributed by atoms with Crippen LogP contribution in [0.1, 0.15) is 23.7 Å². The molecule has 1 heterocycles. The number of hydrogen-bond donors (Lipinski definition) is 1. The Bertz CT molecular complexity index is 1100. The molecular weight excluding hydrogens is 421 g/mol. The van der Waals surface area contributed by atoms with Crippen molar-refractivity contribution in [1.82, 2.24) is 15.5 Å². The maximum atomic E-state index is 13.5. The zero-order valence-electron chi connectivity index (χ0n) is 15.1. The van der Waals surface area contributed by atoms with Crippen LogP contribution in [0.3, 0.4) is 0 Å². The number of benzene rings is 2. The van der Waals surface area contributed by atoms with Gasteiger partial charge >= 0.3 is 0 Å². The lowest BCUT2D eigenvalue weighted by Crippen LogP contribution is -2.23. The molecule has 0 atom stereocenters. The monoisotopic (exact) mass is 437 g/mol. The van der Waals surface area contributed by atoms with Gasteiger partial charge in [0, 0.05) is 30.0 Å². The van der Waals surface area contributed by atoms with Crippen LogP contribution in [0.4, 0.5) is 4.39 Å². The Morgan fingerprint density at radius 2 is 1.86 bits per heavy atom. The van der Waals surface area contributed by atoms with Crippen molar-refractivity contribution in [3.05, 3.63) is 76.6 Å². The zero-order chi connectivity index (χ0) is 20.9. The van der Waals surface area contributed by atoms with E-state index in [-0.39, 0.29) is 41.9 Å². The lowest BCUT2D eigenvalue weighted by atomic mass is 10.2. The first-order chi connectivity index (χ1) is 13.8. The fourth-order valence-corrected chi connectivity index (χ4v) is 3.79. The van der Waals surface area contributed by atoms with Gasteiger partial charge in [-0.3, -0.25) is 4.79 Å². The minimum absolute atomic E-state index is 0.00159. The van der Waals surface area contributed by atoms with Gasteiger partial charge in [0.15, 0.2) is 15.7 Å². The summed E-state index contributed by atoms with van der Waals surface area (Å²) in [6.45, 7) is 0.0694. The predicted octanol–water partition coefficient (Wildman–Crippen LogP) is 3.09. The summed E-state index contributed by atoms with van der Waals surface area (Å²) in [5.41, 5.74) is 0.383.